The molecule has 0 aromatic rings. The van der Waals surface area contributed by atoms with E-state index in [9.17, 15) is 9.59 Å². The second-order valence-electron chi connectivity index (χ2n) is 5.16. The van der Waals surface area contributed by atoms with Crippen LogP contribution in [0, 0.1) is 11.8 Å². The zero-order valence-corrected chi connectivity index (χ0v) is 10.7. The number of nitrogens with zero attached hydrogens (tertiary/aromatic N) is 2. The first-order chi connectivity index (χ1) is 8.58. The molecule has 2 rings (SSSR count). The number of carbonyl (C=O) groups excluding carboxylic acids is 1. The van der Waals surface area contributed by atoms with Gasteiger partial charge in [0, 0.05) is 39.9 Å². The number of hydrogen-bond acceptors (Lipinski definition) is 3. The molecule has 2 fully saturated rings. The maximum absolute atomic E-state index is 12.0. The molecule has 0 bridgehead atoms. The molecule has 0 unspecified atom stereocenters. The first-order valence-electron chi connectivity index (χ1n) is 6.38. The first-order valence-corrected chi connectivity index (χ1v) is 6.38. The van der Waals surface area contributed by atoms with E-state index in [0.29, 0.717) is 19.0 Å². The van der Waals surface area contributed by atoms with Gasteiger partial charge in [-0.1, -0.05) is 0 Å². The molecule has 0 aromatic carbocycles. The lowest BCUT2D eigenvalue weighted by Crippen LogP contribution is -2.56. The number of ether oxygens (including phenoxy) is 1. The SMILES string of the molecule is CN(CC1CCOCC1)C(=O)N1CC(C(=O)O)C1. The van der Waals surface area contributed by atoms with Crippen molar-refractivity contribution in [1.82, 2.24) is 9.80 Å². The van der Waals surface area contributed by atoms with E-state index in [1.54, 1.807) is 16.8 Å². The van der Waals surface area contributed by atoms with Gasteiger partial charge in [0.2, 0.25) is 0 Å². The fraction of sp³-hybridized carbons (Fsp3) is 0.833. The van der Waals surface area contributed by atoms with Gasteiger partial charge in [0.1, 0.15) is 0 Å². The number of hydrogen-bond donors (Lipinski definition) is 1. The van der Waals surface area contributed by atoms with E-state index in [2.05, 4.69) is 0 Å². The topological polar surface area (TPSA) is 70.1 Å². The average Bonchev–Trinajstić information content (AvgIpc) is 2.27. The number of amides is 2. The Morgan fingerprint density at radius 1 is 1.33 bits per heavy atom. The molecule has 6 nitrogen and oxygen atoms in total. The van der Waals surface area contributed by atoms with Crippen LogP contribution in [0.4, 0.5) is 4.79 Å². The molecule has 18 heavy (non-hydrogen) atoms. The molecule has 2 aliphatic rings. The zero-order chi connectivity index (χ0) is 13.1. The van der Waals surface area contributed by atoms with E-state index in [1.165, 1.54) is 0 Å². The maximum Gasteiger partial charge on any atom is 0.319 e. The number of carboxylic acids is 1. The Balaban J connectivity index is 1.73. The predicted molar refractivity (Wildman–Crippen MR) is 64.3 cm³/mol. The van der Waals surface area contributed by atoms with Gasteiger partial charge in [-0.15, -0.1) is 0 Å². The monoisotopic (exact) mass is 256 g/mol. The Morgan fingerprint density at radius 3 is 2.50 bits per heavy atom. The largest absolute Gasteiger partial charge is 0.481 e. The molecule has 6 heteroatoms. The molecule has 2 aliphatic heterocycles. The fourth-order valence-electron chi connectivity index (χ4n) is 2.43. The van der Waals surface area contributed by atoms with Crippen LogP contribution in [0.2, 0.25) is 0 Å². The van der Waals surface area contributed by atoms with Gasteiger partial charge < -0.3 is 19.6 Å². The summed E-state index contributed by atoms with van der Waals surface area (Å²) in [5, 5.41) is 8.77. The lowest BCUT2D eigenvalue weighted by atomic mass is 9.99. The number of urea groups is 1. The molecule has 2 heterocycles. The Kier molecular flexibility index (Phi) is 4.06. The highest BCUT2D eigenvalue weighted by Crippen LogP contribution is 2.20. The predicted octanol–water partition coefficient (Wildman–Crippen LogP) is 0.481. The van der Waals surface area contributed by atoms with Gasteiger partial charge in [-0.2, -0.15) is 0 Å². The minimum absolute atomic E-state index is 0.0565. The van der Waals surface area contributed by atoms with Crippen LogP contribution in [0.5, 0.6) is 0 Å². The maximum atomic E-state index is 12.0. The highest BCUT2D eigenvalue weighted by atomic mass is 16.5. The van der Waals surface area contributed by atoms with E-state index in [0.717, 1.165) is 32.6 Å². The van der Waals surface area contributed by atoms with Crippen molar-refractivity contribution in [2.24, 2.45) is 11.8 Å². The minimum Gasteiger partial charge on any atom is -0.481 e. The van der Waals surface area contributed by atoms with Crippen LogP contribution < -0.4 is 0 Å². The van der Waals surface area contributed by atoms with Gasteiger partial charge in [-0.3, -0.25) is 4.79 Å². The summed E-state index contributed by atoms with van der Waals surface area (Å²) < 4.78 is 5.28. The van der Waals surface area contributed by atoms with Crippen molar-refractivity contribution in [2.75, 3.05) is 39.9 Å². The summed E-state index contributed by atoms with van der Waals surface area (Å²) in [6.45, 7) is 2.96. The molecule has 0 saturated carbocycles. The van der Waals surface area contributed by atoms with Crippen LogP contribution in [-0.2, 0) is 9.53 Å². The number of rotatable bonds is 3. The summed E-state index contributed by atoms with van der Waals surface area (Å²) in [5.41, 5.74) is 0. The third kappa shape index (κ3) is 2.93. The van der Waals surface area contributed by atoms with Crippen molar-refractivity contribution in [3.05, 3.63) is 0 Å². The van der Waals surface area contributed by atoms with Crippen LogP contribution in [0.25, 0.3) is 0 Å². The van der Waals surface area contributed by atoms with E-state index < -0.39 is 5.97 Å². The molecule has 0 atom stereocenters. The molecular weight excluding hydrogens is 236 g/mol. The van der Waals surface area contributed by atoms with E-state index >= 15 is 0 Å². The molecule has 0 spiro atoms. The third-order valence-corrected chi connectivity index (χ3v) is 3.70. The summed E-state index contributed by atoms with van der Waals surface area (Å²) in [6.07, 6.45) is 1.99. The van der Waals surface area contributed by atoms with Gasteiger partial charge in [0.05, 0.1) is 5.92 Å². The standard InChI is InChI=1S/C12H20N2O4/c1-13(6-9-2-4-18-5-3-9)12(17)14-7-10(8-14)11(15)16/h9-10H,2-8H2,1H3,(H,15,16). The summed E-state index contributed by atoms with van der Waals surface area (Å²) >= 11 is 0. The second kappa shape index (κ2) is 5.56. The van der Waals surface area contributed by atoms with Gasteiger partial charge in [0.15, 0.2) is 0 Å². The van der Waals surface area contributed by atoms with Crippen molar-refractivity contribution >= 4 is 12.0 Å². The van der Waals surface area contributed by atoms with Crippen molar-refractivity contribution in [3.63, 3.8) is 0 Å². The summed E-state index contributed by atoms with van der Waals surface area (Å²) in [4.78, 5) is 26.0. The van der Waals surface area contributed by atoms with Crippen LogP contribution in [0.1, 0.15) is 12.8 Å². The van der Waals surface area contributed by atoms with Crippen molar-refractivity contribution in [1.29, 1.82) is 0 Å². The highest BCUT2D eigenvalue weighted by Gasteiger charge is 2.37. The van der Waals surface area contributed by atoms with E-state index in [-0.39, 0.29) is 11.9 Å². The number of carbonyl (C=O) groups is 2. The first kappa shape index (κ1) is 13.1. The van der Waals surface area contributed by atoms with Crippen LogP contribution in [-0.4, -0.2) is 66.8 Å². The fourth-order valence-corrected chi connectivity index (χ4v) is 2.43. The van der Waals surface area contributed by atoms with Gasteiger partial charge in [0.25, 0.3) is 0 Å². The molecule has 0 aromatic heterocycles. The number of aliphatic carboxylic acids is 1. The normalized spacial score (nSPS) is 21.5. The Hall–Kier alpha value is -1.30. The second-order valence-corrected chi connectivity index (χ2v) is 5.16. The van der Waals surface area contributed by atoms with Gasteiger partial charge >= 0.3 is 12.0 Å². The smallest absolute Gasteiger partial charge is 0.319 e. The Labute approximate surface area is 106 Å². The highest BCUT2D eigenvalue weighted by molar-refractivity contribution is 5.79. The van der Waals surface area contributed by atoms with Crippen molar-refractivity contribution in [2.45, 2.75) is 12.8 Å². The van der Waals surface area contributed by atoms with Crippen molar-refractivity contribution < 1.29 is 19.4 Å². The van der Waals surface area contributed by atoms with Crippen LogP contribution in [0.15, 0.2) is 0 Å². The lowest BCUT2D eigenvalue weighted by molar-refractivity contribution is -0.146. The number of likely N-dealkylation sites (tertiary alicyclic amines) is 1. The summed E-state index contributed by atoms with van der Waals surface area (Å²) in [7, 11) is 1.78. The Morgan fingerprint density at radius 2 is 1.94 bits per heavy atom. The molecule has 2 saturated heterocycles. The zero-order valence-electron chi connectivity index (χ0n) is 10.7. The number of carboxylic acid groups (broad SMARTS) is 1. The molecular formula is C12H20N2O4. The molecule has 2 amide bonds. The average molecular weight is 256 g/mol. The van der Waals surface area contributed by atoms with Gasteiger partial charge in [-0.05, 0) is 18.8 Å². The van der Waals surface area contributed by atoms with Gasteiger partial charge in [-0.25, -0.2) is 4.79 Å². The molecule has 0 radical (unpaired) electrons. The van der Waals surface area contributed by atoms with E-state index in [1.807, 2.05) is 0 Å². The van der Waals surface area contributed by atoms with Crippen LogP contribution in [0.3, 0.4) is 0 Å². The summed E-state index contributed by atoms with van der Waals surface area (Å²) in [5.74, 6) is -0.694. The third-order valence-electron chi connectivity index (χ3n) is 3.70. The van der Waals surface area contributed by atoms with E-state index in [4.69, 9.17) is 9.84 Å². The molecule has 1 N–H and O–H groups in total. The molecule has 102 valence electrons. The lowest BCUT2D eigenvalue weighted by Gasteiger charge is -2.39. The quantitative estimate of drug-likeness (QED) is 0.797. The van der Waals surface area contributed by atoms with Crippen molar-refractivity contribution in [3.8, 4) is 0 Å². The minimum atomic E-state index is -0.814. The van der Waals surface area contributed by atoms with Crippen LogP contribution >= 0.6 is 0 Å². The Bertz CT molecular complexity index is 322. The summed E-state index contributed by atoms with van der Waals surface area (Å²) in [6, 6.07) is -0.0565. The molecule has 0 aliphatic carbocycles.